The summed E-state index contributed by atoms with van der Waals surface area (Å²) in [5.74, 6) is 0.364. The summed E-state index contributed by atoms with van der Waals surface area (Å²) in [6, 6.07) is 16.2. The molecular formula is C19H17N3OS. The van der Waals surface area contributed by atoms with Crippen molar-refractivity contribution in [3.8, 4) is 0 Å². The minimum atomic E-state index is -1.24. The first-order valence-corrected chi connectivity index (χ1v) is 9.25. The molecule has 4 aromatic rings. The van der Waals surface area contributed by atoms with Crippen molar-refractivity contribution in [3.63, 3.8) is 0 Å². The Bertz CT molecular complexity index is 985. The van der Waals surface area contributed by atoms with E-state index in [1.807, 2.05) is 42.6 Å². The molecule has 4 nitrogen and oxygen atoms in total. The second-order valence-corrected chi connectivity index (χ2v) is 7.13. The molecule has 0 fully saturated rings. The average Bonchev–Trinajstić information content (AvgIpc) is 3.03. The highest BCUT2D eigenvalue weighted by Crippen LogP contribution is 2.22. The van der Waals surface area contributed by atoms with Crippen molar-refractivity contribution in [2.24, 2.45) is 0 Å². The topological polar surface area (TPSA) is 58.6 Å². The molecule has 0 amide bonds. The summed E-state index contributed by atoms with van der Waals surface area (Å²) in [5, 5.41) is 2.77. The quantitative estimate of drug-likeness (QED) is 0.613. The first-order valence-electron chi connectivity index (χ1n) is 7.93. The predicted molar refractivity (Wildman–Crippen MR) is 97.3 cm³/mol. The predicted octanol–water partition coefficient (Wildman–Crippen LogP) is 3.98. The third-order valence-electron chi connectivity index (χ3n) is 4.12. The molecule has 0 aliphatic rings. The summed E-state index contributed by atoms with van der Waals surface area (Å²) in [6.07, 6.45) is 2.80. The minimum absolute atomic E-state index is 0.364. The molecule has 0 spiro atoms. The van der Waals surface area contributed by atoms with Gasteiger partial charge in [0.1, 0.15) is 0 Å². The summed E-state index contributed by atoms with van der Waals surface area (Å²) >= 11 is 0. The maximum atomic E-state index is 12.6. The van der Waals surface area contributed by atoms with E-state index in [0.29, 0.717) is 10.9 Å². The van der Waals surface area contributed by atoms with Crippen molar-refractivity contribution >= 4 is 32.6 Å². The molecule has 0 saturated heterocycles. The fourth-order valence-electron chi connectivity index (χ4n) is 2.73. The molecule has 0 saturated carbocycles. The van der Waals surface area contributed by atoms with Crippen LogP contribution in [-0.4, -0.2) is 19.2 Å². The van der Waals surface area contributed by atoms with Crippen LogP contribution >= 0.6 is 0 Å². The van der Waals surface area contributed by atoms with Gasteiger partial charge in [0.25, 0.3) is 0 Å². The molecule has 0 radical (unpaired) electrons. The first-order chi connectivity index (χ1) is 11.7. The van der Waals surface area contributed by atoms with Crippen LogP contribution in [0, 0.1) is 0 Å². The van der Waals surface area contributed by atoms with Gasteiger partial charge in [-0.05, 0) is 41.0 Å². The zero-order valence-corrected chi connectivity index (χ0v) is 14.1. The van der Waals surface area contributed by atoms with Crippen LogP contribution in [0.4, 0.5) is 0 Å². The third kappa shape index (κ3) is 2.83. The van der Waals surface area contributed by atoms with Crippen molar-refractivity contribution in [3.05, 3.63) is 66.0 Å². The van der Waals surface area contributed by atoms with Gasteiger partial charge < -0.3 is 4.98 Å². The van der Waals surface area contributed by atoms with E-state index in [1.54, 1.807) is 0 Å². The van der Waals surface area contributed by atoms with E-state index in [0.717, 1.165) is 33.9 Å². The summed E-state index contributed by atoms with van der Waals surface area (Å²) in [5.41, 5.74) is 3.74. The number of rotatable bonds is 4. The third-order valence-corrected chi connectivity index (χ3v) is 5.30. The average molecular weight is 335 g/mol. The molecule has 0 aliphatic heterocycles. The Morgan fingerprint density at radius 3 is 2.58 bits per heavy atom. The number of nitrogens with zero attached hydrogens (tertiary/aromatic N) is 2. The molecule has 120 valence electrons. The molecule has 0 aliphatic carbocycles. The van der Waals surface area contributed by atoms with Gasteiger partial charge in [0.15, 0.2) is 5.16 Å². The van der Waals surface area contributed by atoms with Gasteiger partial charge >= 0.3 is 0 Å². The van der Waals surface area contributed by atoms with Gasteiger partial charge in [0, 0.05) is 6.20 Å². The number of nitrogens with one attached hydrogen (secondary N) is 1. The Morgan fingerprint density at radius 1 is 1.08 bits per heavy atom. The zero-order chi connectivity index (χ0) is 16.5. The molecule has 2 heterocycles. The van der Waals surface area contributed by atoms with Crippen molar-refractivity contribution in [1.82, 2.24) is 15.0 Å². The van der Waals surface area contributed by atoms with Crippen LogP contribution in [0.3, 0.4) is 0 Å². The molecule has 24 heavy (non-hydrogen) atoms. The van der Waals surface area contributed by atoms with Gasteiger partial charge in [-0.1, -0.05) is 37.3 Å². The van der Waals surface area contributed by atoms with E-state index in [1.165, 1.54) is 5.56 Å². The lowest BCUT2D eigenvalue weighted by atomic mass is 10.1. The Hall–Kier alpha value is -2.53. The fourth-order valence-corrected chi connectivity index (χ4v) is 3.73. The lowest BCUT2D eigenvalue weighted by molar-refractivity contribution is 0.677. The Kier molecular flexibility index (Phi) is 3.86. The molecule has 1 atom stereocenters. The SMILES string of the molecule is CCc1ccc(CS(=O)c2nc3cc4ccccc4cc3[nH]2)nc1. The number of imidazole rings is 1. The minimum Gasteiger partial charge on any atom is -0.331 e. The number of benzene rings is 2. The van der Waals surface area contributed by atoms with Crippen LogP contribution in [0.5, 0.6) is 0 Å². The highest BCUT2D eigenvalue weighted by Gasteiger charge is 2.12. The van der Waals surface area contributed by atoms with E-state index in [9.17, 15) is 4.21 Å². The largest absolute Gasteiger partial charge is 0.331 e. The van der Waals surface area contributed by atoms with Crippen molar-refractivity contribution in [1.29, 1.82) is 0 Å². The number of pyridine rings is 1. The first kappa shape index (κ1) is 15.0. The Balaban J connectivity index is 1.64. The van der Waals surface area contributed by atoms with Crippen LogP contribution in [0.1, 0.15) is 18.2 Å². The van der Waals surface area contributed by atoms with Gasteiger partial charge in [-0.25, -0.2) is 4.98 Å². The van der Waals surface area contributed by atoms with E-state index in [2.05, 4.69) is 34.0 Å². The number of hydrogen-bond acceptors (Lipinski definition) is 3. The zero-order valence-electron chi connectivity index (χ0n) is 13.3. The summed E-state index contributed by atoms with van der Waals surface area (Å²) < 4.78 is 12.6. The number of fused-ring (bicyclic) bond motifs is 2. The lowest BCUT2D eigenvalue weighted by Crippen LogP contribution is -2.00. The summed E-state index contributed by atoms with van der Waals surface area (Å²) in [7, 11) is -1.24. The van der Waals surface area contributed by atoms with E-state index in [-0.39, 0.29) is 0 Å². The van der Waals surface area contributed by atoms with Gasteiger partial charge in [-0.2, -0.15) is 0 Å². The Labute approximate surface area is 142 Å². The highest BCUT2D eigenvalue weighted by molar-refractivity contribution is 7.84. The second kappa shape index (κ2) is 6.17. The van der Waals surface area contributed by atoms with Crippen LogP contribution in [-0.2, 0) is 23.0 Å². The van der Waals surface area contributed by atoms with Gasteiger partial charge in [-0.3, -0.25) is 9.19 Å². The van der Waals surface area contributed by atoms with E-state index >= 15 is 0 Å². The summed E-state index contributed by atoms with van der Waals surface area (Å²) in [4.78, 5) is 12.1. The van der Waals surface area contributed by atoms with Crippen molar-refractivity contribution < 1.29 is 4.21 Å². The van der Waals surface area contributed by atoms with Crippen LogP contribution in [0.25, 0.3) is 21.8 Å². The van der Waals surface area contributed by atoms with E-state index < -0.39 is 10.8 Å². The van der Waals surface area contributed by atoms with Crippen LogP contribution < -0.4 is 0 Å². The maximum absolute atomic E-state index is 12.6. The number of aryl methyl sites for hydroxylation is 1. The van der Waals surface area contributed by atoms with Crippen LogP contribution in [0.15, 0.2) is 59.9 Å². The molecular weight excluding hydrogens is 318 g/mol. The maximum Gasteiger partial charge on any atom is 0.197 e. The highest BCUT2D eigenvalue weighted by atomic mass is 32.2. The number of aromatic nitrogens is 3. The molecule has 2 aromatic heterocycles. The smallest absolute Gasteiger partial charge is 0.197 e. The van der Waals surface area contributed by atoms with Crippen LogP contribution in [0.2, 0.25) is 0 Å². The van der Waals surface area contributed by atoms with Gasteiger partial charge in [-0.15, -0.1) is 0 Å². The molecule has 0 bridgehead atoms. The van der Waals surface area contributed by atoms with Crippen molar-refractivity contribution in [2.75, 3.05) is 0 Å². The molecule has 5 heteroatoms. The number of H-pyrrole nitrogens is 1. The van der Waals surface area contributed by atoms with E-state index in [4.69, 9.17) is 0 Å². The number of aromatic amines is 1. The number of hydrogen-bond donors (Lipinski definition) is 1. The summed E-state index contributed by atoms with van der Waals surface area (Å²) in [6.45, 7) is 2.09. The normalized spacial score (nSPS) is 12.7. The molecule has 2 aromatic carbocycles. The molecule has 1 unspecified atom stereocenters. The van der Waals surface area contributed by atoms with Crippen molar-refractivity contribution in [2.45, 2.75) is 24.3 Å². The lowest BCUT2D eigenvalue weighted by Gasteiger charge is -2.00. The van der Waals surface area contributed by atoms with Gasteiger partial charge in [0.2, 0.25) is 0 Å². The Morgan fingerprint density at radius 2 is 1.88 bits per heavy atom. The fraction of sp³-hybridized carbons (Fsp3) is 0.158. The standard InChI is InChI=1S/C19H17N3OS/c1-2-13-7-8-16(20-11-13)12-24(23)19-21-17-9-14-5-3-4-6-15(14)10-18(17)22-19/h3-11H,2,12H2,1H3,(H,21,22). The monoisotopic (exact) mass is 335 g/mol. The second-order valence-electron chi connectivity index (χ2n) is 5.76. The molecule has 1 N–H and O–H groups in total. The molecule has 4 rings (SSSR count). The van der Waals surface area contributed by atoms with Gasteiger partial charge in [0.05, 0.1) is 33.3 Å².